The number of fused-ring (bicyclic) bond motifs is 1. The normalized spacial score (nSPS) is 15.8. The van der Waals surface area contributed by atoms with Gasteiger partial charge in [-0.1, -0.05) is 13.8 Å². The van der Waals surface area contributed by atoms with E-state index in [1.54, 1.807) is 26.0 Å². The van der Waals surface area contributed by atoms with Crippen LogP contribution in [-0.2, 0) is 52.5 Å². The number of carbonyl (C=O) groups excluding carboxylic acids is 7. The molecular formula is C48H66N8O14S. The van der Waals surface area contributed by atoms with Crippen molar-refractivity contribution in [1.29, 1.82) is 0 Å². The Morgan fingerprint density at radius 2 is 1.54 bits per heavy atom. The number of rotatable bonds is 24. The Kier molecular flexibility index (Phi) is 20.0. The second-order valence-electron chi connectivity index (χ2n) is 17.9. The second kappa shape index (κ2) is 25.6. The molecular weight excluding hydrogens is 945 g/mol. The molecule has 0 saturated carbocycles. The Labute approximate surface area is 417 Å². The Hall–Kier alpha value is -6.43. The lowest BCUT2D eigenvalue weighted by Gasteiger charge is -2.28. The third-order valence-corrected chi connectivity index (χ3v) is 11.8. The molecule has 1 aromatic carbocycles. The summed E-state index contributed by atoms with van der Waals surface area (Å²) in [5, 5.41) is 9.03. The Balaban J connectivity index is 1.07. The van der Waals surface area contributed by atoms with Crippen LogP contribution < -0.4 is 30.3 Å². The molecule has 2 aliphatic rings. The summed E-state index contributed by atoms with van der Waals surface area (Å²) in [6, 6.07) is 4.57. The van der Waals surface area contributed by atoms with Gasteiger partial charge in [0.15, 0.2) is 18.3 Å². The van der Waals surface area contributed by atoms with Gasteiger partial charge in [-0.15, -0.1) is 4.37 Å². The average Bonchev–Trinajstić information content (AvgIpc) is 4.01. The van der Waals surface area contributed by atoms with Gasteiger partial charge in [-0.25, -0.2) is 14.4 Å². The number of morpholine rings is 1. The summed E-state index contributed by atoms with van der Waals surface area (Å²) in [4.78, 5) is 97.9. The zero-order valence-electron chi connectivity index (χ0n) is 42.0. The number of likely N-dealkylation sites (N-methyl/N-ethyl adjacent to an activating group) is 1. The standard InChI is InChI=1S/C48H66N8O14S/c1-11-55(12-2)18-17-49-43(60)40-27(3)37(51-28(40)4)24-35-34-23-32(13-14-36(34)52-42(35)59)69-39(58)16-15-38(57)66-29(5)45(61)67-30(6)46(62)68-31(7)47(63)70-33(25-50-48(8,9)10)26-65-44-41(53-71-54-44)56-19-21-64-22-20-56/h13-14,23-24,29-31,33,50-51H,11-12,15-22,25-26H2,1-10H3,(H,49,60)(H,52,59)/b35-24-. The Morgan fingerprint density at radius 1 is 0.901 bits per heavy atom. The van der Waals surface area contributed by atoms with E-state index in [0.29, 0.717) is 84.9 Å². The van der Waals surface area contributed by atoms with E-state index in [1.807, 2.05) is 25.7 Å². The predicted octanol–water partition coefficient (Wildman–Crippen LogP) is 3.74. The number of esters is 5. The van der Waals surface area contributed by atoms with E-state index in [1.165, 1.54) is 32.9 Å². The fraction of sp³-hybridized carbons (Fsp3) is 0.562. The van der Waals surface area contributed by atoms with Crippen molar-refractivity contribution < 1.29 is 66.7 Å². The number of aryl methyl sites for hydroxylation is 1. The van der Waals surface area contributed by atoms with Crippen molar-refractivity contribution in [3.8, 4) is 11.6 Å². The number of hydrogen-bond acceptors (Lipinski definition) is 20. The van der Waals surface area contributed by atoms with Gasteiger partial charge in [0.2, 0.25) is 5.82 Å². The van der Waals surface area contributed by atoms with E-state index >= 15 is 0 Å². The van der Waals surface area contributed by atoms with Gasteiger partial charge in [0.1, 0.15) is 18.5 Å². The summed E-state index contributed by atoms with van der Waals surface area (Å²) in [5.41, 5.74) is 3.25. The van der Waals surface area contributed by atoms with Crippen LogP contribution in [0.5, 0.6) is 11.6 Å². The molecule has 2 aromatic heterocycles. The minimum absolute atomic E-state index is 0.0862. The average molecular weight is 1010 g/mol. The highest BCUT2D eigenvalue weighted by Crippen LogP contribution is 2.37. The van der Waals surface area contributed by atoms with Crippen LogP contribution >= 0.6 is 11.7 Å². The maximum Gasteiger partial charge on any atom is 0.347 e. The van der Waals surface area contributed by atoms with Gasteiger partial charge in [-0.2, -0.15) is 4.37 Å². The van der Waals surface area contributed by atoms with Crippen LogP contribution in [0.2, 0.25) is 0 Å². The summed E-state index contributed by atoms with van der Waals surface area (Å²) in [5.74, 6) is -4.41. The zero-order valence-corrected chi connectivity index (χ0v) is 42.8. The number of aromatic nitrogens is 3. The molecule has 3 aromatic rings. The molecule has 4 heterocycles. The van der Waals surface area contributed by atoms with Gasteiger partial charge >= 0.3 is 29.8 Å². The Bertz CT molecular complexity index is 2420. The van der Waals surface area contributed by atoms with Crippen LogP contribution in [0, 0.1) is 13.8 Å². The van der Waals surface area contributed by atoms with Crippen molar-refractivity contribution in [3.05, 3.63) is 46.3 Å². The first kappa shape index (κ1) is 55.5. The number of nitrogens with one attached hydrogen (secondary N) is 4. The smallest absolute Gasteiger partial charge is 0.347 e. The van der Waals surface area contributed by atoms with Crippen molar-refractivity contribution >= 4 is 76.5 Å². The third-order valence-electron chi connectivity index (χ3n) is 11.3. The lowest BCUT2D eigenvalue weighted by atomic mass is 10.0. The maximum atomic E-state index is 13.1. The highest BCUT2D eigenvalue weighted by molar-refractivity contribution is 6.99. The fourth-order valence-electron chi connectivity index (χ4n) is 7.28. The number of ether oxygens (including phenoxy) is 7. The fourth-order valence-corrected chi connectivity index (χ4v) is 7.80. The van der Waals surface area contributed by atoms with Gasteiger partial charge in [-0.05, 0) is 98.3 Å². The molecule has 71 heavy (non-hydrogen) atoms. The van der Waals surface area contributed by atoms with E-state index in [4.69, 9.17) is 33.2 Å². The van der Waals surface area contributed by atoms with Gasteiger partial charge < -0.3 is 63.9 Å². The van der Waals surface area contributed by atoms with Crippen LogP contribution in [0.25, 0.3) is 11.6 Å². The monoisotopic (exact) mass is 1010 g/mol. The first-order valence-electron chi connectivity index (χ1n) is 23.6. The molecule has 22 nitrogen and oxygen atoms in total. The first-order valence-corrected chi connectivity index (χ1v) is 24.3. The first-order chi connectivity index (χ1) is 33.7. The molecule has 0 radical (unpaired) electrons. The van der Waals surface area contributed by atoms with E-state index in [-0.39, 0.29) is 35.9 Å². The molecule has 388 valence electrons. The van der Waals surface area contributed by atoms with Gasteiger partial charge in [0.05, 0.1) is 48.9 Å². The molecule has 0 bridgehead atoms. The molecule has 4 unspecified atom stereocenters. The number of benzene rings is 1. The summed E-state index contributed by atoms with van der Waals surface area (Å²) in [6.07, 6.45) is -4.48. The van der Waals surface area contributed by atoms with Gasteiger partial charge in [0.25, 0.3) is 17.7 Å². The number of amides is 2. The molecule has 4 N–H and O–H groups in total. The summed E-state index contributed by atoms with van der Waals surface area (Å²) in [7, 11) is 0. The SMILES string of the molecule is CCN(CC)CCNC(=O)c1c(C)[nH]c(/C=C2\C(=O)Nc3ccc(OC(=O)CCC(=O)OC(C)C(=O)OC(C)C(=O)OC(C)C(=O)OC(CNC(C)(C)C)COc4nsnc4N4CCOCC4)cc32)c1C. The molecule has 0 spiro atoms. The van der Waals surface area contributed by atoms with E-state index < -0.39 is 73.0 Å². The topological polar surface area (TPSA) is 268 Å². The minimum Gasteiger partial charge on any atom is -0.470 e. The molecule has 2 aliphatic heterocycles. The molecule has 23 heteroatoms. The second-order valence-corrected chi connectivity index (χ2v) is 18.5. The lowest BCUT2D eigenvalue weighted by Crippen LogP contribution is -2.45. The predicted molar refractivity (Wildman–Crippen MR) is 261 cm³/mol. The van der Waals surface area contributed by atoms with Crippen molar-refractivity contribution in [1.82, 2.24) is 29.3 Å². The molecule has 1 saturated heterocycles. The number of anilines is 2. The Morgan fingerprint density at radius 3 is 2.18 bits per heavy atom. The number of H-pyrrole nitrogens is 1. The molecule has 0 aliphatic carbocycles. The maximum absolute atomic E-state index is 13.1. The van der Waals surface area contributed by atoms with Crippen molar-refractivity contribution in [3.63, 3.8) is 0 Å². The van der Waals surface area contributed by atoms with Crippen LogP contribution in [0.3, 0.4) is 0 Å². The number of nitrogens with zero attached hydrogens (tertiary/aromatic N) is 4. The quantitative estimate of drug-likeness (QED) is 0.0431. The van der Waals surface area contributed by atoms with Crippen molar-refractivity contribution in [2.75, 3.05) is 75.9 Å². The zero-order chi connectivity index (χ0) is 52.0. The molecule has 4 atom stereocenters. The number of hydrogen-bond donors (Lipinski definition) is 4. The largest absolute Gasteiger partial charge is 0.470 e. The highest BCUT2D eigenvalue weighted by Gasteiger charge is 2.32. The van der Waals surface area contributed by atoms with Gasteiger partial charge in [0, 0.05) is 60.9 Å². The summed E-state index contributed by atoms with van der Waals surface area (Å²) >= 11 is 0.991. The van der Waals surface area contributed by atoms with Gasteiger partial charge in [-0.3, -0.25) is 19.2 Å². The minimum atomic E-state index is -1.51. The lowest BCUT2D eigenvalue weighted by molar-refractivity contribution is -0.183. The van der Waals surface area contributed by atoms with E-state index in [2.05, 4.69) is 48.4 Å². The van der Waals surface area contributed by atoms with Crippen LogP contribution in [-0.4, -0.2) is 156 Å². The van der Waals surface area contributed by atoms with E-state index in [0.717, 1.165) is 24.8 Å². The van der Waals surface area contributed by atoms with Crippen LogP contribution in [0.1, 0.15) is 101 Å². The van der Waals surface area contributed by atoms with E-state index in [9.17, 15) is 33.6 Å². The number of aromatic amines is 1. The molecule has 1 fully saturated rings. The summed E-state index contributed by atoms with van der Waals surface area (Å²) < 4.78 is 46.7. The third kappa shape index (κ3) is 16.0. The number of carbonyl (C=O) groups is 7. The molecule has 2 amide bonds. The van der Waals surface area contributed by atoms with Crippen molar-refractivity contribution in [2.45, 2.75) is 112 Å². The van der Waals surface area contributed by atoms with Crippen LogP contribution in [0.15, 0.2) is 18.2 Å². The van der Waals surface area contributed by atoms with Crippen LogP contribution in [0.4, 0.5) is 11.5 Å². The van der Waals surface area contributed by atoms with Crippen molar-refractivity contribution in [2.24, 2.45) is 0 Å². The highest BCUT2D eigenvalue weighted by atomic mass is 32.1. The summed E-state index contributed by atoms with van der Waals surface area (Å²) in [6.45, 7) is 22.7. The molecule has 5 rings (SSSR count).